The van der Waals surface area contributed by atoms with E-state index in [1.807, 2.05) is 12.1 Å². The molecule has 1 aliphatic rings. The zero-order valence-corrected chi connectivity index (χ0v) is 20.8. The van der Waals surface area contributed by atoms with E-state index in [4.69, 9.17) is 4.74 Å². The second-order valence-corrected chi connectivity index (χ2v) is 10.3. The van der Waals surface area contributed by atoms with Crippen molar-refractivity contribution in [2.45, 2.75) is 4.90 Å². The second-order valence-electron chi connectivity index (χ2n) is 7.73. The average Bonchev–Trinajstić information content (AvgIpc) is 2.86. The molecule has 35 heavy (non-hydrogen) atoms. The summed E-state index contributed by atoms with van der Waals surface area (Å²) in [5, 5.41) is 11.9. The number of nitrogens with one attached hydrogen (secondary N) is 2. The lowest BCUT2D eigenvalue weighted by molar-refractivity contribution is 0.0698. The Morgan fingerprint density at radius 2 is 1.69 bits per heavy atom. The molecular weight excluding hydrogens is 538 g/mol. The number of halogens is 1. The summed E-state index contributed by atoms with van der Waals surface area (Å²) in [4.78, 5) is 26.3. The number of rotatable bonds is 7. The predicted octanol–water partition coefficient (Wildman–Crippen LogP) is 4.04. The number of ether oxygens (including phenoxy) is 1. The Labute approximate surface area is 210 Å². The fourth-order valence-electron chi connectivity index (χ4n) is 3.58. The molecule has 0 bridgehead atoms. The first-order chi connectivity index (χ1) is 16.7. The van der Waals surface area contributed by atoms with Gasteiger partial charge in [-0.15, -0.1) is 0 Å². The Morgan fingerprint density at radius 1 is 0.971 bits per heavy atom. The van der Waals surface area contributed by atoms with Gasteiger partial charge in [0.25, 0.3) is 15.9 Å². The minimum absolute atomic E-state index is 0.0646. The molecule has 3 aromatic carbocycles. The molecule has 1 amide bonds. The Balaban J connectivity index is 1.50. The molecule has 1 fully saturated rings. The molecule has 1 aliphatic heterocycles. The number of carbonyl (C=O) groups excluding carboxylic acids is 1. The highest BCUT2D eigenvalue weighted by molar-refractivity contribution is 9.10. The number of sulfonamides is 1. The highest BCUT2D eigenvalue weighted by atomic mass is 79.9. The summed E-state index contributed by atoms with van der Waals surface area (Å²) in [6, 6.07) is 17.0. The van der Waals surface area contributed by atoms with E-state index in [9.17, 15) is 23.1 Å². The van der Waals surface area contributed by atoms with E-state index in [2.05, 4.69) is 30.9 Å². The molecule has 1 heterocycles. The zero-order valence-electron chi connectivity index (χ0n) is 18.4. The summed E-state index contributed by atoms with van der Waals surface area (Å²) in [6.07, 6.45) is 0. The fraction of sp³-hybridized carbons (Fsp3) is 0.167. The van der Waals surface area contributed by atoms with Crippen LogP contribution in [0.5, 0.6) is 0 Å². The highest BCUT2D eigenvalue weighted by Crippen LogP contribution is 2.24. The van der Waals surface area contributed by atoms with Gasteiger partial charge in [0.1, 0.15) is 0 Å². The van der Waals surface area contributed by atoms with Crippen LogP contribution in [-0.2, 0) is 14.8 Å². The van der Waals surface area contributed by atoms with E-state index in [1.54, 1.807) is 18.2 Å². The monoisotopic (exact) mass is 559 g/mol. The second kappa shape index (κ2) is 10.5. The third kappa shape index (κ3) is 5.99. The van der Waals surface area contributed by atoms with Crippen molar-refractivity contribution in [3.05, 3.63) is 82.3 Å². The van der Waals surface area contributed by atoms with Crippen LogP contribution >= 0.6 is 15.9 Å². The van der Waals surface area contributed by atoms with Gasteiger partial charge in [-0.2, -0.15) is 0 Å². The lowest BCUT2D eigenvalue weighted by atomic mass is 10.1. The molecule has 1 saturated heterocycles. The van der Waals surface area contributed by atoms with Gasteiger partial charge in [-0.05, 0) is 60.7 Å². The van der Waals surface area contributed by atoms with Crippen molar-refractivity contribution in [1.29, 1.82) is 0 Å². The molecular formula is C24H22BrN3O6S. The number of nitrogens with zero attached hydrogens (tertiary/aromatic N) is 1. The molecule has 0 aliphatic carbocycles. The number of carboxylic acid groups (broad SMARTS) is 1. The van der Waals surface area contributed by atoms with Gasteiger partial charge >= 0.3 is 5.97 Å². The Hall–Kier alpha value is -3.41. The number of morpholine rings is 1. The standard InChI is InChI=1S/C24H22BrN3O6S/c25-17-4-9-22(21(15-17)24(30)31)26-23(29)16-2-1-3-20(14-16)35(32,33)27-18-5-7-19(8-6-18)28-10-12-34-13-11-28/h1-9,14-15,27H,10-13H2,(H,26,29)(H,30,31). The van der Waals surface area contributed by atoms with Crippen molar-refractivity contribution < 1.29 is 27.9 Å². The van der Waals surface area contributed by atoms with Crippen LogP contribution in [0, 0.1) is 0 Å². The van der Waals surface area contributed by atoms with E-state index in [1.165, 1.54) is 36.4 Å². The van der Waals surface area contributed by atoms with E-state index in [0.717, 1.165) is 18.8 Å². The van der Waals surface area contributed by atoms with Crippen molar-refractivity contribution in [2.75, 3.05) is 41.2 Å². The lowest BCUT2D eigenvalue weighted by Gasteiger charge is -2.28. The minimum Gasteiger partial charge on any atom is -0.478 e. The maximum Gasteiger partial charge on any atom is 0.337 e. The van der Waals surface area contributed by atoms with Crippen molar-refractivity contribution >= 4 is 54.9 Å². The smallest absolute Gasteiger partial charge is 0.337 e. The van der Waals surface area contributed by atoms with Crippen molar-refractivity contribution in [3.8, 4) is 0 Å². The fourth-order valence-corrected chi connectivity index (χ4v) is 5.04. The number of aromatic carboxylic acids is 1. The molecule has 0 saturated carbocycles. The maximum atomic E-state index is 12.9. The van der Waals surface area contributed by atoms with Gasteiger partial charge < -0.3 is 20.1 Å². The largest absolute Gasteiger partial charge is 0.478 e. The molecule has 3 N–H and O–H groups in total. The van der Waals surface area contributed by atoms with Gasteiger partial charge in [0.2, 0.25) is 0 Å². The molecule has 3 aromatic rings. The van der Waals surface area contributed by atoms with Gasteiger partial charge in [0, 0.05) is 34.5 Å². The summed E-state index contributed by atoms with van der Waals surface area (Å²) in [7, 11) is -3.97. The normalized spacial score (nSPS) is 13.8. The van der Waals surface area contributed by atoms with Crippen LogP contribution in [0.1, 0.15) is 20.7 Å². The first-order valence-corrected chi connectivity index (χ1v) is 12.9. The first-order valence-electron chi connectivity index (χ1n) is 10.6. The third-order valence-electron chi connectivity index (χ3n) is 5.36. The Morgan fingerprint density at radius 3 is 2.37 bits per heavy atom. The summed E-state index contributed by atoms with van der Waals surface area (Å²) in [6.45, 7) is 2.85. The topological polar surface area (TPSA) is 125 Å². The van der Waals surface area contributed by atoms with Crippen LogP contribution in [0.15, 0.2) is 76.1 Å². The number of carbonyl (C=O) groups is 2. The van der Waals surface area contributed by atoms with Crippen molar-refractivity contribution in [3.63, 3.8) is 0 Å². The zero-order chi connectivity index (χ0) is 25.0. The van der Waals surface area contributed by atoms with E-state index in [-0.39, 0.29) is 21.7 Å². The average molecular weight is 560 g/mol. The molecule has 0 unspecified atom stereocenters. The highest BCUT2D eigenvalue weighted by Gasteiger charge is 2.19. The maximum absolute atomic E-state index is 12.9. The Kier molecular flexibility index (Phi) is 7.39. The number of amides is 1. The summed E-state index contributed by atoms with van der Waals surface area (Å²) >= 11 is 3.20. The molecule has 11 heteroatoms. The van der Waals surface area contributed by atoms with Crippen LogP contribution in [-0.4, -0.2) is 51.7 Å². The summed E-state index contributed by atoms with van der Waals surface area (Å²) in [5.41, 5.74) is 1.42. The number of benzene rings is 3. The molecule has 182 valence electrons. The number of hydrogen-bond acceptors (Lipinski definition) is 6. The molecule has 0 aromatic heterocycles. The molecule has 0 atom stereocenters. The third-order valence-corrected chi connectivity index (χ3v) is 7.23. The SMILES string of the molecule is O=C(Nc1ccc(Br)cc1C(=O)O)c1cccc(S(=O)(=O)Nc2ccc(N3CCOCC3)cc2)c1. The quantitative estimate of drug-likeness (QED) is 0.399. The predicted molar refractivity (Wildman–Crippen MR) is 136 cm³/mol. The molecule has 4 rings (SSSR count). The molecule has 9 nitrogen and oxygen atoms in total. The summed E-state index contributed by atoms with van der Waals surface area (Å²) < 4.78 is 34.3. The number of carboxylic acids is 1. The summed E-state index contributed by atoms with van der Waals surface area (Å²) in [5.74, 6) is -1.84. The molecule has 0 spiro atoms. The van der Waals surface area contributed by atoms with Gasteiger partial charge in [-0.3, -0.25) is 9.52 Å². The first kappa shape index (κ1) is 24.7. The number of anilines is 3. The Bertz CT molecular complexity index is 1360. The van der Waals surface area contributed by atoms with Gasteiger partial charge in [0.05, 0.1) is 29.4 Å². The van der Waals surface area contributed by atoms with E-state index in [0.29, 0.717) is 23.4 Å². The van der Waals surface area contributed by atoms with Gasteiger partial charge in [-0.1, -0.05) is 22.0 Å². The van der Waals surface area contributed by atoms with Crippen LogP contribution in [0.25, 0.3) is 0 Å². The van der Waals surface area contributed by atoms with Crippen LogP contribution < -0.4 is 14.9 Å². The van der Waals surface area contributed by atoms with Gasteiger partial charge in [0.15, 0.2) is 0 Å². The van der Waals surface area contributed by atoms with Crippen molar-refractivity contribution in [2.24, 2.45) is 0 Å². The van der Waals surface area contributed by atoms with Crippen molar-refractivity contribution in [1.82, 2.24) is 0 Å². The van der Waals surface area contributed by atoms with Crippen LogP contribution in [0.2, 0.25) is 0 Å². The van der Waals surface area contributed by atoms with Crippen LogP contribution in [0.3, 0.4) is 0 Å². The van der Waals surface area contributed by atoms with E-state index >= 15 is 0 Å². The van der Waals surface area contributed by atoms with E-state index < -0.39 is 21.9 Å². The number of hydrogen-bond donors (Lipinski definition) is 3. The molecule has 0 radical (unpaired) electrons. The van der Waals surface area contributed by atoms with Gasteiger partial charge in [-0.25, -0.2) is 13.2 Å². The lowest BCUT2D eigenvalue weighted by Crippen LogP contribution is -2.36. The van der Waals surface area contributed by atoms with Crippen LogP contribution in [0.4, 0.5) is 17.1 Å². The minimum atomic E-state index is -3.97.